The lowest BCUT2D eigenvalue weighted by atomic mass is 10.0. The van der Waals surface area contributed by atoms with Gasteiger partial charge in [0.05, 0.1) is 0 Å². The molecular formula is C14H11BrClNO. The highest BCUT2D eigenvalue weighted by molar-refractivity contribution is 9.10. The summed E-state index contributed by atoms with van der Waals surface area (Å²) in [5.41, 5.74) is 2.49. The quantitative estimate of drug-likeness (QED) is 0.791. The highest BCUT2D eigenvalue weighted by Gasteiger charge is 2.11. The lowest BCUT2D eigenvalue weighted by molar-refractivity contribution is 0.0992. The molecular weight excluding hydrogens is 314 g/mol. The van der Waals surface area contributed by atoms with Gasteiger partial charge >= 0.3 is 0 Å². The molecule has 0 bridgehead atoms. The van der Waals surface area contributed by atoms with E-state index in [-0.39, 0.29) is 5.78 Å². The van der Waals surface area contributed by atoms with Crippen molar-refractivity contribution in [1.29, 1.82) is 0 Å². The first-order valence-corrected chi connectivity index (χ1v) is 6.62. The molecule has 18 heavy (non-hydrogen) atoms. The number of ketones is 1. The molecule has 0 fully saturated rings. The molecule has 2 aromatic rings. The first kappa shape index (κ1) is 13.2. The average Bonchev–Trinajstić information content (AvgIpc) is 2.32. The molecule has 2 nitrogen and oxygen atoms in total. The van der Waals surface area contributed by atoms with Crippen molar-refractivity contribution in [2.75, 3.05) is 0 Å². The Kier molecular flexibility index (Phi) is 4.15. The number of benzene rings is 1. The molecule has 0 saturated carbocycles. The van der Waals surface area contributed by atoms with Crippen LogP contribution in [0.2, 0.25) is 5.02 Å². The van der Waals surface area contributed by atoms with E-state index in [0.29, 0.717) is 17.0 Å². The number of carbonyl (C=O) groups excluding carboxylic acids is 1. The zero-order valence-electron chi connectivity index (χ0n) is 9.78. The fraction of sp³-hybridized carbons (Fsp3) is 0.143. The van der Waals surface area contributed by atoms with Crippen LogP contribution < -0.4 is 0 Å². The van der Waals surface area contributed by atoms with E-state index in [1.54, 1.807) is 24.5 Å². The van der Waals surface area contributed by atoms with Gasteiger partial charge in [0.15, 0.2) is 5.78 Å². The van der Waals surface area contributed by atoms with Crippen LogP contribution in [-0.2, 0) is 6.42 Å². The van der Waals surface area contributed by atoms with Gasteiger partial charge in [-0.15, -0.1) is 0 Å². The Bertz CT molecular complexity index is 598. The van der Waals surface area contributed by atoms with Crippen molar-refractivity contribution in [2.24, 2.45) is 0 Å². The maximum absolute atomic E-state index is 12.2. The summed E-state index contributed by atoms with van der Waals surface area (Å²) >= 11 is 9.26. The molecule has 0 saturated heterocycles. The Morgan fingerprint density at radius 1 is 1.33 bits per heavy atom. The molecule has 1 aromatic carbocycles. The lowest BCUT2D eigenvalue weighted by Gasteiger charge is -2.05. The van der Waals surface area contributed by atoms with Crippen LogP contribution in [0.25, 0.3) is 0 Å². The van der Waals surface area contributed by atoms with Crippen LogP contribution in [0.1, 0.15) is 21.5 Å². The molecule has 1 aromatic heterocycles. The Hall–Kier alpha value is -1.19. The van der Waals surface area contributed by atoms with E-state index in [4.69, 9.17) is 11.6 Å². The van der Waals surface area contributed by atoms with E-state index in [1.165, 1.54) is 0 Å². The Morgan fingerprint density at radius 3 is 2.83 bits per heavy atom. The molecule has 0 spiro atoms. The van der Waals surface area contributed by atoms with Crippen molar-refractivity contribution in [3.05, 3.63) is 62.8 Å². The fourth-order valence-electron chi connectivity index (χ4n) is 1.73. The van der Waals surface area contributed by atoms with E-state index < -0.39 is 0 Å². The summed E-state index contributed by atoms with van der Waals surface area (Å²) in [4.78, 5) is 16.2. The molecule has 0 aliphatic rings. The fourth-order valence-corrected chi connectivity index (χ4v) is 2.31. The van der Waals surface area contributed by atoms with E-state index >= 15 is 0 Å². The van der Waals surface area contributed by atoms with Crippen molar-refractivity contribution < 1.29 is 4.79 Å². The zero-order chi connectivity index (χ0) is 13.1. The molecule has 0 amide bonds. The van der Waals surface area contributed by atoms with Crippen LogP contribution in [0.4, 0.5) is 0 Å². The number of nitrogens with zero attached hydrogens (tertiary/aromatic N) is 1. The highest BCUT2D eigenvalue weighted by Crippen LogP contribution is 2.18. The third-order valence-corrected chi connectivity index (χ3v) is 3.29. The minimum Gasteiger partial charge on any atom is -0.294 e. The maximum Gasteiger partial charge on any atom is 0.167 e. The van der Waals surface area contributed by atoms with Crippen molar-refractivity contribution in [3.8, 4) is 0 Å². The van der Waals surface area contributed by atoms with Gasteiger partial charge in [-0.05, 0) is 52.2 Å². The SMILES string of the molecule is Cc1ccc(Cl)cc1C(=O)Cc1cncc(Br)c1. The van der Waals surface area contributed by atoms with Gasteiger partial charge in [-0.3, -0.25) is 9.78 Å². The van der Waals surface area contributed by atoms with Gasteiger partial charge in [-0.1, -0.05) is 17.7 Å². The maximum atomic E-state index is 12.2. The van der Waals surface area contributed by atoms with Gasteiger partial charge in [-0.25, -0.2) is 0 Å². The second-order valence-corrected chi connectivity index (χ2v) is 5.42. The van der Waals surface area contributed by atoms with Crippen LogP contribution in [-0.4, -0.2) is 10.8 Å². The van der Waals surface area contributed by atoms with Crippen molar-refractivity contribution in [1.82, 2.24) is 4.98 Å². The molecule has 0 aliphatic heterocycles. The summed E-state index contributed by atoms with van der Waals surface area (Å²) in [6.07, 6.45) is 3.72. The Balaban J connectivity index is 2.24. The van der Waals surface area contributed by atoms with Gasteiger partial charge < -0.3 is 0 Å². The molecule has 0 N–H and O–H groups in total. The molecule has 0 unspecified atom stereocenters. The molecule has 0 radical (unpaired) electrons. The predicted octanol–water partition coefficient (Wildman–Crippen LogP) is 4.23. The average molecular weight is 325 g/mol. The second-order valence-electron chi connectivity index (χ2n) is 4.07. The molecule has 1 heterocycles. The molecule has 4 heteroatoms. The summed E-state index contributed by atoms with van der Waals surface area (Å²) < 4.78 is 0.871. The number of carbonyl (C=O) groups is 1. The number of hydrogen-bond donors (Lipinski definition) is 0. The summed E-state index contributed by atoms with van der Waals surface area (Å²) in [7, 11) is 0. The van der Waals surface area contributed by atoms with Gasteiger partial charge in [0.25, 0.3) is 0 Å². The number of Topliss-reactive ketones (excluding diaryl/α,β-unsaturated/α-hetero) is 1. The monoisotopic (exact) mass is 323 g/mol. The molecule has 2 rings (SSSR count). The second kappa shape index (κ2) is 5.63. The minimum absolute atomic E-state index is 0.0508. The van der Waals surface area contributed by atoms with Gasteiger partial charge in [0.2, 0.25) is 0 Å². The Morgan fingerprint density at radius 2 is 2.11 bits per heavy atom. The zero-order valence-corrected chi connectivity index (χ0v) is 12.1. The third kappa shape index (κ3) is 3.18. The first-order chi connectivity index (χ1) is 8.56. The summed E-state index contributed by atoms with van der Waals surface area (Å²) in [5.74, 6) is 0.0508. The first-order valence-electron chi connectivity index (χ1n) is 5.45. The number of rotatable bonds is 3. The van der Waals surface area contributed by atoms with Gasteiger partial charge in [0, 0.05) is 33.9 Å². The van der Waals surface area contributed by atoms with E-state index in [0.717, 1.165) is 15.6 Å². The number of aromatic nitrogens is 1. The van der Waals surface area contributed by atoms with Crippen LogP contribution in [0.5, 0.6) is 0 Å². The smallest absolute Gasteiger partial charge is 0.167 e. The van der Waals surface area contributed by atoms with E-state index in [1.807, 2.05) is 19.1 Å². The van der Waals surface area contributed by atoms with Gasteiger partial charge in [-0.2, -0.15) is 0 Å². The topological polar surface area (TPSA) is 30.0 Å². The normalized spacial score (nSPS) is 10.4. The number of hydrogen-bond acceptors (Lipinski definition) is 2. The Labute approximate surface area is 119 Å². The van der Waals surface area contributed by atoms with E-state index in [2.05, 4.69) is 20.9 Å². The molecule has 0 atom stereocenters. The summed E-state index contributed by atoms with van der Waals surface area (Å²) in [6, 6.07) is 7.25. The predicted molar refractivity (Wildman–Crippen MR) is 76.2 cm³/mol. The number of pyridine rings is 1. The number of halogens is 2. The van der Waals surface area contributed by atoms with Crippen molar-refractivity contribution in [3.63, 3.8) is 0 Å². The highest BCUT2D eigenvalue weighted by atomic mass is 79.9. The van der Waals surface area contributed by atoms with Crippen molar-refractivity contribution >= 4 is 33.3 Å². The van der Waals surface area contributed by atoms with Crippen LogP contribution in [0.3, 0.4) is 0 Å². The minimum atomic E-state index is 0.0508. The lowest BCUT2D eigenvalue weighted by Crippen LogP contribution is -2.06. The van der Waals surface area contributed by atoms with Crippen LogP contribution in [0, 0.1) is 6.92 Å². The van der Waals surface area contributed by atoms with Crippen LogP contribution in [0.15, 0.2) is 41.1 Å². The van der Waals surface area contributed by atoms with E-state index in [9.17, 15) is 4.79 Å². The summed E-state index contributed by atoms with van der Waals surface area (Å²) in [5, 5.41) is 0.580. The van der Waals surface area contributed by atoms with Crippen molar-refractivity contribution in [2.45, 2.75) is 13.3 Å². The summed E-state index contributed by atoms with van der Waals surface area (Å²) in [6.45, 7) is 1.91. The standard InChI is InChI=1S/C14H11BrClNO/c1-9-2-3-12(16)6-13(9)14(18)5-10-4-11(15)8-17-7-10/h2-4,6-8H,5H2,1H3. The third-order valence-electron chi connectivity index (χ3n) is 2.63. The molecule has 92 valence electrons. The van der Waals surface area contributed by atoms with Crippen LogP contribution >= 0.6 is 27.5 Å². The number of aryl methyl sites for hydroxylation is 1. The van der Waals surface area contributed by atoms with Gasteiger partial charge in [0.1, 0.15) is 0 Å². The molecule has 0 aliphatic carbocycles. The largest absolute Gasteiger partial charge is 0.294 e.